The fourth-order valence-electron chi connectivity index (χ4n) is 6.41. The van der Waals surface area contributed by atoms with Crippen molar-refractivity contribution in [2.24, 2.45) is 5.92 Å². The van der Waals surface area contributed by atoms with Crippen molar-refractivity contribution in [3.05, 3.63) is 82.6 Å². The van der Waals surface area contributed by atoms with Crippen LogP contribution in [0.5, 0.6) is 5.88 Å². The summed E-state index contributed by atoms with van der Waals surface area (Å²) in [6, 6.07) is 14.5. The van der Waals surface area contributed by atoms with Gasteiger partial charge in [-0.2, -0.15) is 0 Å². The first-order valence-electron chi connectivity index (χ1n) is 12.2. The Balaban J connectivity index is 1.55. The van der Waals surface area contributed by atoms with Gasteiger partial charge in [0, 0.05) is 24.3 Å². The van der Waals surface area contributed by atoms with Gasteiger partial charge < -0.3 is 9.47 Å². The minimum atomic E-state index is -0.802. The molecule has 0 unspecified atom stereocenters. The summed E-state index contributed by atoms with van der Waals surface area (Å²) in [5.74, 6) is 0.896. The Bertz CT molecular complexity index is 1100. The van der Waals surface area contributed by atoms with Crippen LogP contribution in [0.1, 0.15) is 68.7 Å². The van der Waals surface area contributed by atoms with Crippen LogP contribution in [0.4, 0.5) is 0 Å². The van der Waals surface area contributed by atoms with E-state index in [1.165, 1.54) is 17.6 Å². The average Bonchev–Trinajstić information content (AvgIpc) is 2.84. The lowest BCUT2D eigenvalue weighted by Crippen LogP contribution is -2.49. The van der Waals surface area contributed by atoms with E-state index < -0.39 is 5.41 Å². The molecule has 0 aliphatic heterocycles. The SMILES string of the molecule is CC=C1[C@@H]2C=C(C)C[C@@]1(C(=O)O[C@@H]1CCCC[C@H]1c1ccccc1)c1ccc(OC)nc1C2. The fraction of sp³-hybridized carbons (Fsp3) is 0.448. The predicted molar refractivity (Wildman–Crippen MR) is 129 cm³/mol. The maximum Gasteiger partial charge on any atom is 0.321 e. The molecule has 4 atom stereocenters. The maximum atomic E-state index is 14.3. The first-order valence-corrected chi connectivity index (χ1v) is 12.2. The number of benzene rings is 1. The highest BCUT2D eigenvalue weighted by atomic mass is 16.5. The van der Waals surface area contributed by atoms with Crippen LogP contribution in [-0.4, -0.2) is 24.2 Å². The van der Waals surface area contributed by atoms with E-state index >= 15 is 0 Å². The second-order valence-electron chi connectivity index (χ2n) is 9.74. The second-order valence-corrected chi connectivity index (χ2v) is 9.74. The minimum absolute atomic E-state index is 0.0950. The van der Waals surface area contributed by atoms with Crippen LogP contribution < -0.4 is 4.74 Å². The van der Waals surface area contributed by atoms with Crippen molar-refractivity contribution >= 4 is 5.97 Å². The number of esters is 1. The Morgan fingerprint density at radius 1 is 1.12 bits per heavy atom. The highest BCUT2D eigenvalue weighted by Crippen LogP contribution is 2.53. The average molecular weight is 444 g/mol. The standard InChI is InChI=1S/C29H33NO3/c1-4-23-21-16-19(2)18-29(23,24-14-15-27(32-3)30-25(24)17-21)28(31)33-26-13-9-8-12-22(26)20-10-6-5-7-11-20/h4-7,10-11,14-16,21-22,26H,8-9,12-13,17-18H2,1-3H3/t21-,22+,26-,29+/m1/s1. The molecule has 0 radical (unpaired) electrons. The summed E-state index contributed by atoms with van der Waals surface area (Å²) in [4.78, 5) is 19.0. The molecule has 2 aromatic rings. The number of rotatable bonds is 4. The van der Waals surface area contributed by atoms with Crippen LogP contribution in [0, 0.1) is 5.92 Å². The van der Waals surface area contributed by atoms with Crippen molar-refractivity contribution in [1.29, 1.82) is 0 Å². The molecular weight excluding hydrogens is 410 g/mol. The molecule has 1 saturated carbocycles. The van der Waals surface area contributed by atoms with Gasteiger partial charge in [-0.25, -0.2) is 4.98 Å². The number of aromatic nitrogens is 1. The number of carbonyl (C=O) groups is 1. The van der Waals surface area contributed by atoms with Gasteiger partial charge in [0.25, 0.3) is 0 Å². The highest BCUT2D eigenvalue weighted by molar-refractivity contribution is 5.90. The molecule has 4 nitrogen and oxygen atoms in total. The molecule has 33 heavy (non-hydrogen) atoms. The van der Waals surface area contributed by atoms with Crippen LogP contribution in [0.3, 0.4) is 0 Å². The summed E-state index contributed by atoms with van der Waals surface area (Å²) in [5, 5.41) is 0. The number of hydrogen-bond donors (Lipinski definition) is 0. The molecule has 1 aromatic heterocycles. The largest absolute Gasteiger partial charge is 0.481 e. The van der Waals surface area contributed by atoms with Crippen LogP contribution in [-0.2, 0) is 21.4 Å². The minimum Gasteiger partial charge on any atom is -0.481 e. The zero-order valence-electron chi connectivity index (χ0n) is 19.8. The number of carbonyl (C=O) groups excluding carboxylic acids is 1. The quantitative estimate of drug-likeness (QED) is 0.425. The normalized spacial score (nSPS) is 29.7. The van der Waals surface area contributed by atoms with Crippen molar-refractivity contribution in [3.8, 4) is 5.88 Å². The van der Waals surface area contributed by atoms with Crippen LogP contribution in [0.2, 0.25) is 0 Å². The predicted octanol–water partition coefficient (Wildman–Crippen LogP) is 6.07. The Morgan fingerprint density at radius 2 is 1.91 bits per heavy atom. The summed E-state index contributed by atoms with van der Waals surface area (Å²) in [6.45, 7) is 4.19. The van der Waals surface area contributed by atoms with Crippen LogP contribution in [0.15, 0.2) is 65.8 Å². The number of methoxy groups -OCH3 is 1. The Labute approximate surface area is 196 Å². The zero-order valence-corrected chi connectivity index (χ0v) is 19.8. The van der Waals surface area contributed by atoms with Gasteiger partial charge in [0.05, 0.1) is 12.8 Å². The molecule has 172 valence electrons. The molecule has 4 heteroatoms. The molecule has 1 fully saturated rings. The van der Waals surface area contributed by atoms with Gasteiger partial charge in [0.1, 0.15) is 11.5 Å². The van der Waals surface area contributed by atoms with Crippen molar-refractivity contribution in [2.45, 2.75) is 69.8 Å². The molecule has 1 aromatic carbocycles. The molecule has 0 N–H and O–H groups in total. The Morgan fingerprint density at radius 3 is 2.67 bits per heavy atom. The lowest BCUT2D eigenvalue weighted by molar-refractivity contribution is -0.158. The molecule has 1 heterocycles. The van der Waals surface area contributed by atoms with E-state index in [1.807, 2.05) is 25.1 Å². The molecule has 2 bridgehead atoms. The molecular formula is C29H33NO3. The number of fused-ring (bicyclic) bond motifs is 4. The molecule has 0 amide bonds. The van der Waals surface area contributed by atoms with Gasteiger partial charge in [-0.15, -0.1) is 0 Å². The number of ether oxygens (including phenoxy) is 2. The van der Waals surface area contributed by atoms with Crippen LogP contribution >= 0.6 is 0 Å². The third-order valence-electron chi connectivity index (χ3n) is 7.80. The molecule has 0 saturated heterocycles. The number of nitrogens with zero attached hydrogens (tertiary/aromatic N) is 1. The van der Waals surface area contributed by atoms with Gasteiger partial charge in [0.2, 0.25) is 5.88 Å². The lowest BCUT2D eigenvalue weighted by atomic mass is 9.58. The molecule has 3 aliphatic rings. The monoisotopic (exact) mass is 443 g/mol. The number of allylic oxidation sites excluding steroid dienone is 3. The smallest absolute Gasteiger partial charge is 0.321 e. The van der Waals surface area contributed by atoms with E-state index in [2.05, 4.69) is 43.3 Å². The zero-order chi connectivity index (χ0) is 23.0. The van der Waals surface area contributed by atoms with Gasteiger partial charge in [-0.1, -0.05) is 60.5 Å². The van der Waals surface area contributed by atoms with Gasteiger partial charge in [0.15, 0.2) is 0 Å². The number of pyridine rings is 1. The van der Waals surface area contributed by atoms with Crippen molar-refractivity contribution in [2.75, 3.05) is 7.11 Å². The topological polar surface area (TPSA) is 48.4 Å². The van der Waals surface area contributed by atoms with Crippen LogP contribution in [0.25, 0.3) is 0 Å². The van der Waals surface area contributed by atoms with Crippen molar-refractivity contribution in [3.63, 3.8) is 0 Å². The number of hydrogen-bond acceptors (Lipinski definition) is 4. The van der Waals surface area contributed by atoms with Gasteiger partial charge >= 0.3 is 5.97 Å². The van der Waals surface area contributed by atoms with Gasteiger partial charge in [-0.05, 0) is 56.2 Å². The molecule has 5 rings (SSSR count). The maximum absolute atomic E-state index is 14.3. The van der Waals surface area contributed by atoms with Crippen molar-refractivity contribution in [1.82, 2.24) is 4.98 Å². The summed E-state index contributed by atoms with van der Waals surface area (Å²) < 4.78 is 11.9. The van der Waals surface area contributed by atoms with E-state index in [0.29, 0.717) is 12.3 Å². The van der Waals surface area contributed by atoms with Gasteiger partial charge in [-0.3, -0.25) is 4.79 Å². The highest BCUT2D eigenvalue weighted by Gasteiger charge is 2.54. The Hall–Kier alpha value is -2.88. The van der Waals surface area contributed by atoms with E-state index in [-0.39, 0.29) is 23.9 Å². The summed E-state index contributed by atoms with van der Waals surface area (Å²) >= 11 is 0. The van der Waals surface area contributed by atoms with E-state index in [0.717, 1.165) is 42.5 Å². The summed E-state index contributed by atoms with van der Waals surface area (Å²) in [7, 11) is 1.64. The fourth-order valence-corrected chi connectivity index (χ4v) is 6.41. The lowest BCUT2D eigenvalue weighted by Gasteiger charge is -2.46. The summed E-state index contributed by atoms with van der Waals surface area (Å²) in [6.07, 6.45) is 10.0. The van der Waals surface area contributed by atoms with E-state index in [9.17, 15) is 4.79 Å². The first-order chi connectivity index (χ1) is 16.1. The molecule has 0 spiro atoms. The van der Waals surface area contributed by atoms with E-state index in [4.69, 9.17) is 14.5 Å². The Kier molecular flexibility index (Phi) is 5.86. The first kappa shape index (κ1) is 21.9. The second kappa shape index (κ2) is 8.81. The third-order valence-corrected chi connectivity index (χ3v) is 7.80. The molecule has 3 aliphatic carbocycles. The van der Waals surface area contributed by atoms with Crippen molar-refractivity contribution < 1.29 is 14.3 Å². The third kappa shape index (κ3) is 3.70. The summed E-state index contributed by atoms with van der Waals surface area (Å²) in [5.41, 5.74) is 4.80. The van der Waals surface area contributed by atoms with E-state index in [1.54, 1.807) is 7.11 Å².